The van der Waals surface area contributed by atoms with Gasteiger partial charge in [-0.2, -0.15) is 0 Å². The van der Waals surface area contributed by atoms with Gasteiger partial charge >= 0.3 is 11.9 Å². The van der Waals surface area contributed by atoms with Crippen LogP contribution in [0.25, 0.3) is 0 Å². The maximum absolute atomic E-state index is 12.8. The highest BCUT2D eigenvalue weighted by Crippen LogP contribution is 2.16. The third-order valence-electron chi connectivity index (χ3n) is 11.7. The van der Waals surface area contributed by atoms with Crippen molar-refractivity contribution >= 4 is 11.9 Å². The Labute approximate surface area is 374 Å². The van der Waals surface area contributed by atoms with Gasteiger partial charge in [0.15, 0.2) is 6.10 Å². The van der Waals surface area contributed by atoms with Crippen LogP contribution in [0.4, 0.5) is 0 Å². The van der Waals surface area contributed by atoms with Crippen molar-refractivity contribution in [3.05, 3.63) is 36.5 Å². The van der Waals surface area contributed by atoms with Crippen LogP contribution in [-0.4, -0.2) is 37.9 Å². The summed E-state index contributed by atoms with van der Waals surface area (Å²) in [6.45, 7) is 7.75. The van der Waals surface area contributed by atoms with E-state index in [0.717, 1.165) is 64.2 Å². The zero-order chi connectivity index (χ0) is 43.5. The standard InChI is InChI=1S/C55H102O5/c1-4-7-10-13-16-19-22-24-26-28-30-32-34-36-39-42-45-48-54(56)59-52-53(51-58-50-47-44-41-38-21-18-15-12-9-6-3)60-55(57)49-46-43-40-37-35-33-31-29-27-25-23-20-17-14-11-8-5-2/h7,10,16,19,24,26,53H,4-6,8-9,11-15,17-18,20-23,25,27-52H2,1-3H3/b10-7-,19-16-,26-24-. The average molecular weight is 843 g/mol. The van der Waals surface area contributed by atoms with Gasteiger partial charge in [-0.25, -0.2) is 0 Å². The van der Waals surface area contributed by atoms with Gasteiger partial charge in [0, 0.05) is 19.4 Å². The number of rotatable bonds is 49. The molecule has 0 saturated heterocycles. The van der Waals surface area contributed by atoms with E-state index in [0.29, 0.717) is 26.1 Å². The molecule has 0 aromatic rings. The van der Waals surface area contributed by atoms with Gasteiger partial charge in [-0.15, -0.1) is 0 Å². The molecular formula is C55H102O5. The van der Waals surface area contributed by atoms with Crippen molar-refractivity contribution in [1.82, 2.24) is 0 Å². The molecule has 0 rings (SSSR count). The Morgan fingerprint density at radius 3 is 1.20 bits per heavy atom. The highest BCUT2D eigenvalue weighted by molar-refractivity contribution is 5.70. The summed E-state index contributed by atoms with van der Waals surface area (Å²) in [6, 6.07) is 0. The summed E-state index contributed by atoms with van der Waals surface area (Å²) in [7, 11) is 0. The van der Waals surface area contributed by atoms with Crippen LogP contribution in [0, 0.1) is 0 Å². The lowest BCUT2D eigenvalue weighted by Gasteiger charge is -2.18. The van der Waals surface area contributed by atoms with Crippen LogP contribution in [0.15, 0.2) is 36.5 Å². The SMILES string of the molecule is CC/C=C\C/C=C\C/C=C\CCCCCCCCCC(=O)OCC(COCCCCCCCCCCCC)OC(=O)CCCCCCCCCCCCCCCCCCC. The summed E-state index contributed by atoms with van der Waals surface area (Å²) in [5.74, 6) is -0.392. The fraction of sp³-hybridized carbons (Fsp3) is 0.855. The lowest BCUT2D eigenvalue weighted by molar-refractivity contribution is -0.163. The second-order valence-electron chi connectivity index (χ2n) is 17.8. The van der Waals surface area contributed by atoms with Crippen LogP contribution in [-0.2, 0) is 23.8 Å². The zero-order valence-corrected chi connectivity index (χ0v) is 40.5. The normalized spacial score (nSPS) is 12.4. The third-order valence-corrected chi connectivity index (χ3v) is 11.7. The number of carbonyl (C=O) groups excluding carboxylic acids is 2. The van der Waals surface area contributed by atoms with E-state index in [9.17, 15) is 9.59 Å². The molecule has 0 heterocycles. The number of hydrogen-bond acceptors (Lipinski definition) is 5. The van der Waals surface area contributed by atoms with E-state index in [4.69, 9.17) is 14.2 Å². The van der Waals surface area contributed by atoms with Crippen molar-refractivity contribution in [2.45, 2.75) is 284 Å². The fourth-order valence-corrected chi connectivity index (χ4v) is 7.76. The van der Waals surface area contributed by atoms with Crippen LogP contribution < -0.4 is 0 Å². The van der Waals surface area contributed by atoms with Gasteiger partial charge in [0.1, 0.15) is 6.61 Å². The molecule has 0 aliphatic rings. The molecule has 0 aliphatic heterocycles. The zero-order valence-electron chi connectivity index (χ0n) is 40.5. The van der Waals surface area contributed by atoms with Gasteiger partial charge in [0.25, 0.3) is 0 Å². The molecule has 0 aromatic heterocycles. The monoisotopic (exact) mass is 843 g/mol. The van der Waals surface area contributed by atoms with Gasteiger partial charge in [-0.1, -0.05) is 250 Å². The van der Waals surface area contributed by atoms with Crippen LogP contribution in [0.3, 0.4) is 0 Å². The molecule has 0 aliphatic carbocycles. The number of ether oxygens (including phenoxy) is 3. The highest BCUT2D eigenvalue weighted by Gasteiger charge is 2.17. The van der Waals surface area contributed by atoms with Crippen molar-refractivity contribution in [3.8, 4) is 0 Å². The molecule has 0 spiro atoms. The molecule has 0 amide bonds. The van der Waals surface area contributed by atoms with Gasteiger partial charge in [-0.3, -0.25) is 9.59 Å². The number of carbonyl (C=O) groups is 2. The lowest BCUT2D eigenvalue weighted by atomic mass is 10.0. The van der Waals surface area contributed by atoms with Gasteiger partial charge in [0.2, 0.25) is 0 Å². The number of hydrogen-bond donors (Lipinski definition) is 0. The Hall–Kier alpha value is -1.88. The Bertz CT molecular complexity index is 955. The van der Waals surface area contributed by atoms with Crippen molar-refractivity contribution in [2.24, 2.45) is 0 Å². The lowest BCUT2D eigenvalue weighted by Crippen LogP contribution is -2.30. The maximum atomic E-state index is 12.8. The van der Waals surface area contributed by atoms with Crippen LogP contribution in [0.5, 0.6) is 0 Å². The summed E-state index contributed by atoms with van der Waals surface area (Å²) in [5.41, 5.74) is 0. The first-order valence-electron chi connectivity index (χ1n) is 26.5. The molecule has 0 bridgehead atoms. The van der Waals surface area contributed by atoms with Gasteiger partial charge in [0.05, 0.1) is 6.61 Å². The Morgan fingerprint density at radius 2 is 0.750 bits per heavy atom. The van der Waals surface area contributed by atoms with Crippen LogP contribution in [0.1, 0.15) is 278 Å². The molecule has 0 radical (unpaired) electrons. The average Bonchev–Trinajstić information content (AvgIpc) is 3.25. The van der Waals surface area contributed by atoms with Gasteiger partial charge < -0.3 is 14.2 Å². The highest BCUT2D eigenvalue weighted by atomic mass is 16.6. The van der Waals surface area contributed by atoms with E-state index >= 15 is 0 Å². The van der Waals surface area contributed by atoms with Crippen LogP contribution in [0.2, 0.25) is 0 Å². The topological polar surface area (TPSA) is 61.8 Å². The molecule has 5 nitrogen and oxygen atoms in total. The first kappa shape index (κ1) is 58.1. The van der Waals surface area contributed by atoms with Crippen LogP contribution >= 0.6 is 0 Å². The molecule has 60 heavy (non-hydrogen) atoms. The van der Waals surface area contributed by atoms with E-state index < -0.39 is 6.10 Å². The minimum absolute atomic E-state index is 0.0860. The van der Waals surface area contributed by atoms with Gasteiger partial charge in [-0.05, 0) is 51.4 Å². The quantitative estimate of drug-likeness (QED) is 0.0347. The van der Waals surface area contributed by atoms with E-state index in [2.05, 4.69) is 57.2 Å². The largest absolute Gasteiger partial charge is 0.462 e. The smallest absolute Gasteiger partial charge is 0.306 e. The summed E-state index contributed by atoms with van der Waals surface area (Å²) in [4.78, 5) is 25.4. The minimum Gasteiger partial charge on any atom is -0.462 e. The molecule has 5 heteroatoms. The molecule has 1 unspecified atom stereocenters. The van der Waals surface area contributed by atoms with Crippen molar-refractivity contribution in [2.75, 3.05) is 19.8 Å². The molecule has 1 atom stereocenters. The Morgan fingerprint density at radius 1 is 0.383 bits per heavy atom. The van der Waals surface area contributed by atoms with E-state index in [1.54, 1.807) is 0 Å². The van der Waals surface area contributed by atoms with Crippen molar-refractivity contribution in [3.63, 3.8) is 0 Å². The predicted molar refractivity (Wildman–Crippen MR) is 261 cm³/mol. The number of allylic oxidation sites excluding steroid dienone is 6. The first-order valence-corrected chi connectivity index (χ1v) is 26.5. The second kappa shape index (κ2) is 51.5. The van der Waals surface area contributed by atoms with Crippen molar-refractivity contribution < 1.29 is 23.8 Å². The second-order valence-corrected chi connectivity index (χ2v) is 17.8. The van der Waals surface area contributed by atoms with Crippen molar-refractivity contribution in [1.29, 1.82) is 0 Å². The third kappa shape index (κ3) is 48.8. The Balaban J connectivity index is 4.18. The molecule has 0 fully saturated rings. The summed E-state index contributed by atoms with van der Waals surface area (Å²) in [6.07, 6.45) is 61.5. The minimum atomic E-state index is -0.533. The first-order chi connectivity index (χ1) is 29.6. The predicted octanol–water partition coefficient (Wildman–Crippen LogP) is 17.8. The molecule has 0 N–H and O–H groups in total. The summed E-state index contributed by atoms with van der Waals surface area (Å²) >= 11 is 0. The number of unbranched alkanes of at least 4 members (excludes halogenated alkanes) is 32. The fourth-order valence-electron chi connectivity index (χ4n) is 7.76. The molecular weight excluding hydrogens is 741 g/mol. The van der Waals surface area contributed by atoms with E-state index in [1.165, 1.54) is 180 Å². The molecule has 0 aromatic carbocycles. The maximum Gasteiger partial charge on any atom is 0.306 e. The molecule has 0 saturated carbocycles. The van der Waals surface area contributed by atoms with E-state index in [-0.39, 0.29) is 18.5 Å². The Kier molecular flexibility index (Phi) is 49.9. The summed E-state index contributed by atoms with van der Waals surface area (Å²) in [5, 5.41) is 0. The molecule has 352 valence electrons. The number of esters is 2. The van der Waals surface area contributed by atoms with E-state index in [1.807, 2.05) is 0 Å². The summed E-state index contributed by atoms with van der Waals surface area (Å²) < 4.78 is 17.4.